The molecule has 2 N–H and O–H groups in total. The van der Waals surface area contributed by atoms with Gasteiger partial charge >= 0.3 is 0 Å². The highest BCUT2D eigenvalue weighted by Gasteiger charge is 2.27. The molecule has 3 heteroatoms. The van der Waals surface area contributed by atoms with Gasteiger partial charge in [-0.2, -0.15) is 0 Å². The molecule has 1 heterocycles. The molecule has 3 rings (SSSR count). The fraction of sp³-hybridized carbons (Fsp3) is 0.438. The summed E-state index contributed by atoms with van der Waals surface area (Å²) in [6.45, 7) is 2.27. The van der Waals surface area contributed by atoms with E-state index in [-0.39, 0.29) is 12.1 Å². The molecule has 100 valence electrons. The van der Waals surface area contributed by atoms with Crippen molar-refractivity contribution in [2.75, 3.05) is 0 Å². The summed E-state index contributed by atoms with van der Waals surface area (Å²) < 4.78 is 6.08. The average molecular weight is 256 g/mol. The van der Waals surface area contributed by atoms with Crippen LogP contribution in [0.2, 0.25) is 0 Å². The molecule has 2 aromatic rings. The molecule has 0 spiro atoms. The number of nitrogens with two attached hydrogens (primary N) is 1. The Morgan fingerprint density at radius 1 is 1.26 bits per heavy atom. The van der Waals surface area contributed by atoms with Gasteiger partial charge in [0.1, 0.15) is 11.9 Å². The minimum absolute atomic E-state index is 0.130. The number of pyridine rings is 1. The zero-order valence-electron chi connectivity index (χ0n) is 11.3. The highest BCUT2D eigenvalue weighted by Crippen LogP contribution is 2.28. The summed E-state index contributed by atoms with van der Waals surface area (Å²) in [5, 5.41) is 1.14. The first-order chi connectivity index (χ1) is 9.22. The molecule has 0 aliphatic heterocycles. The number of fused-ring (bicyclic) bond motifs is 1. The Balaban J connectivity index is 1.80. The molecule has 3 nitrogen and oxygen atoms in total. The summed E-state index contributed by atoms with van der Waals surface area (Å²) in [7, 11) is 0. The molecule has 3 unspecified atom stereocenters. The van der Waals surface area contributed by atoms with Gasteiger partial charge in [-0.3, -0.25) is 4.98 Å². The maximum Gasteiger partial charge on any atom is 0.122 e. The van der Waals surface area contributed by atoms with Crippen molar-refractivity contribution in [2.24, 2.45) is 11.7 Å². The van der Waals surface area contributed by atoms with Crippen molar-refractivity contribution in [3.8, 4) is 5.75 Å². The monoisotopic (exact) mass is 256 g/mol. The zero-order valence-corrected chi connectivity index (χ0v) is 11.3. The molecule has 1 aliphatic rings. The number of benzene rings is 1. The van der Waals surface area contributed by atoms with E-state index in [0.29, 0.717) is 5.92 Å². The van der Waals surface area contributed by atoms with E-state index in [2.05, 4.69) is 24.0 Å². The van der Waals surface area contributed by atoms with E-state index in [1.807, 2.05) is 18.2 Å². The maximum atomic E-state index is 6.16. The molecular weight excluding hydrogens is 236 g/mol. The first-order valence-electron chi connectivity index (χ1n) is 6.99. The fourth-order valence-corrected chi connectivity index (χ4v) is 2.78. The number of rotatable bonds is 2. The van der Waals surface area contributed by atoms with E-state index in [0.717, 1.165) is 29.5 Å². The molecule has 1 fully saturated rings. The predicted molar refractivity (Wildman–Crippen MR) is 77.1 cm³/mol. The summed E-state index contributed by atoms with van der Waals surface area (Å²) in [5.74, 6) is 1.57. The van der Waals surface area contributed by atoms with Crippen LogP contribution in [0.1, 0.15) is 26.2 Å². The van der Waals surface area contributed by atoms with Crippen molar-refractivity contribution in [2.45, 2.75) is 38.3 Å². The molecule has 0 amide bonds. The summed E-state index contributed by atoms with van der Waals surface area (Å²) >= 11 is 0. The molecule has 3 atom stereocenters. The Morgan fingerprint density at radius 3 is 3.05 bits per heavy atom. The number of ether oxygens (including phenoxy) is 1. The second-order valence-electron chi connectivity index (χ2n) is 5.60. The molecule has 1 aromatic heterocycles. The molecule has 0 saturated heterocycles. The predicted octanol–water partition coefficient (Wildman–Crippen LogP) is 3.13. The van der Waals surface area contributed by atoms with Crippen LogP contribution in [0, 0.1) is 5.92 Å². The summed E-state index contributed by atoms with van der Waals surface area (Å²) in [6, 6.07) is 10.2. The second kappa shape index (κ2) is 5.17. The van der Waals surface area contributed by atoms with E-state index in [1.54, 1.807) is 6.20 Å². The van der Waals surface area contributed by atoms with Crippen LogP contribution in [-0.2, 0) is 0 Å². The normalized spacial score (nSPS) is 27.4. The van der Waals surface area contributed by atoms with Crippen molar-refractivity contribution in [3.63, 3.8) is 0 Å². The molecule has 1 aliphatic carbocycles. The molecule has 0 bridgehead atoms. The van der Waals surface area contributed by atoms with E-state index < -0.39 is 0 Å². The Bertz CT molecular complexity index is 569. The fourth-order valence-electron chi connectivity index (χ4n) is 2.78. The van der Waals surface area contributed by atoms with Crippen LogP contribution in [0.3, 0.4) is 0 Å². The standard InChI is InChI=1S/C16H20N2O/c1-11-4-7-14(17)16(9-11)19-13-6-5-12-3-2-8-18-15(12)10-13/h2-3,5-6,8,10-11,14,16H,4,7,9,17H2,1H3. The van der Waals surface area contributed by atoms with E-state index in [1.165, 1.54) is 6.42 Å². The van der Waals surface area contributed by atoms with Crippen molar-refractivity contribution in [1.29, 1.82) is 0 Å². The van der Waals surface area contributed by atoms with Gasteiger partial charge in [0.05, 0.1) is 5.52 Å². The average Bonchev–Trinajstić information content (AvgIpc) is 2.43. The molecule has 1 aromatic carbocycles. The third kappa shape index (κ3) is 2.71. The van der Waals surface area contributed by atoms with Gasteiger partial charge in [0.2, 0.25) is 0 Å². The first kappa shape index (κ1) is 12.4. The van der Waals surface area contributed by atoms with Crippen LogP contribution in [0.4, 0.5) is 0 Å². The number of hydrogen-bond acceptors (Lipinski definition) is 3. The van der Waals surface area contributed by atoms with E-state index in [9.17, 15) is 0 Å². The van der Waals surface area contributed by atoms with Gasteiger partial charge < -0.3 is 10.5 Å². The van der Waals surface area contributed by atoms with Crippen molar-refractivity contribution in [3.05, 3.63) is 36.5 Å². The number of hydrogen-bond donors (Lipinski definition) is 1. The highest BCUT2D eigenvalue weighted by molar-refractivity contribution is 5.79. The van der Waals surface area contributed by atoms with Gasteiger partial charge in [-0.15, -0.1) is 0 Å². The van der Waals surface area contributed by atoms with Crippen LogP contribution in [-0.4, -0.2) is 17.1 Å². The molecular formula is C16H20N2O. The summed E-state index contributed by atoms with van der Waals surface area (Å²) in [6.07, 6.45) is 5.24. The Morgan fingerprint density at radius 2 is 2.16 bits per heavy atom. The van der Waals surface area contributed by atoms with Crippen LogP contribution < -0.4 is 10.5 Å². The van der Waals surface area contributed by atoms with E-state index >= 15 is 0 Å². The highest BCUT2D eigenvalue weighted by atomic mass is 16.5. The molecule has 19 heavy (non-hydrogen) atoms. The number of aromatic nitrogens is 1. The minimum Gasteiger partial charge on any atom is -0.489 e. The Hall–Kier alpha value is -1.61. The van der Waals surface area contributed by atoms with Crippen molar-refractivity contribution >= 4 is 10.9 Å². The largest absolute Gasteiger partial charge is 0.489 e. The Labute approximate surface area is 113 Å². The van der Waals surface area contributed by atoms with Crippen molar-refractivity contribution in [1.82, 2.24) is 4.98 Å². The van der Waals surface area contributed by atoms with Gasteiger partial charge in [-0.25, -0.2) is 0 Å². The quantitative estimate of drug-likeness (QED) is 0.898. The first-order valence-corrected chi connectivity index (χ1v) is 6.99. The Kier molecular flexibility index (Phi) is 3.38. The van der Waals surface area contributed by atoms with Gasteiger partial charge in [-0.05, 0) is 43.4 Å². The van der Waals surface area contributed by atoms with Gasteiger partial charge in [-0.1, -0.05) is 13.0 Å². The van der Waals surface area contributed by atoms with Crippen molar-refractivity contribution < 1.29 is 4.74 Å². The lowest BCUT2D eigenvalue weighted by Gasteiger charge is -2.32. The lowest BCUT2D eigenvalue weighted by atomic mass is 9.85. The summed E-state index contributed by atoms with van der Waals surface area (Å²) in [4.78, 5) is 4.36. The third-order valence-corrected chi connectivity index (χ3v) is 3.97. The van der Waals surface area contributed by atoms with Crippen LogP contribution in [0.15, 0.2) is 36.5 Å². The SMILES string of the molecule is CC1CCC(N)C(Oc2ccc3cccnc3c2)C1. The zero-order chi connectivity index (χ0) is 13.2. The van der Waals surface area contributed by atoms with Crippen LogP contribution in [0.25, 0.3) is 10.9 Å². The van der Waals surface area contributed by atoms with Gasteiger partial charge in [0, 0.05) is 23.7 Å². The topological polar surface area (TPSA) is 48.1 Å². The summed E-state index contributed by atoms with van der Waals surface area (Å²) in [5.41, 5.74) is 7.13. The number of nitrogens with zero attached hydrogens (tertiary/aromatic N) is 1. The lowest BCUT2D eigenvalue weighted by molar-refractivity contribution is 0.108. The van der Waals surface area contributed by atoms with Crippen LogP contribution >= 0.6 is 0 Å². The second-order valence-corrected chi connectivity index (χ2v) is 5.60. The minimum atomic E-state index is 0.130. The van der Waals surface area contributed by atoms with E-state index in [4.69, 9.17) is 10.5 Å². The molecule has 0 radical (unpaired) electrons. The lowest BCUT2D eigenvalue weighted by Crippen LogP contribution is -2.43. The van der Waals surface area contributed by atoms with Gasteiger partial charge in [0.15, 0.2) is 0 Å². The van der Waals surface area contributed by atoms with Crippen LogP contribution in [0.5, 0.6) is 5.75 Å². The maximum absolute atomic E-state index is 6.16. The van der Waals surface area contributed by atoms with Gasteiger partial charge in [0.25, 0.3) is 0 Å². The third-order valence-electron chi connectivity index (χ3n) is 3.97. The smallest absolute Gasteiger partial charge is 0.122 e. The molecule has 1 saturated carbocycles.